The summed E-state index contributed by atoms with van der Waals surface area (Å²) in [6, 6.07) is 4.39. The minimum absolute atomic E-state index is 0.130. The maximum Gasteiger partial charge on any atom is 0.122 e. The third-order valence-electron chi connectivity index (χ3n) is 3.14. The van der Waals surface area contributed by atoms with Gasteiger partial charge >= 0.3 is 0 Å². The number of likely N-dealkylation sites (N-methyl/N-ethyl adjacent to an activating group) is 1. The van der Waals surface area contributed by atoms with Crippen LogP contribution in [0.15, 0.2) is 16.5 Å². The molecule has 0 aliphatic heterocycles. The van der Waals surface area contributed by atoms with Crippen LogP contribution in [0, 0.1) is 6.92 Å². The highest BCUT2D eigenvalue weighted by Crippen LogP contribution is 2.26. The predicted octanol–water partition coefficient (Wildman–Crippen LogP) is 2.71. The Balaban J connectivity index is 2.94. The van der Waals surface area contributed by atoms with Crippen molar-refractivity contribution in [3.63, 3.8) is 0 Å². The second-order valence-electron chi connectivity index (χ2n) is 4.19. The molecule has 2 N–H and O–H groups in total. The van der Waals surface area contributed by atoms with Crippen LogP contribution in [0.25, 0.3) is 0 Å². The van der Waals surface area contributed by atoms with E-state index in [4.69, 9.17) is 10.2 Å². The highest BCUT2D eigenvalue weighted by atomic mass is 16.3. The Morgan fingerprint density at radius 1 is 1.25 bits per heavy atom. The topological polar surface area (TPSA) is 42.4 Å². The Hall–Kier alpha value is -0.800. The van der Waals surface area contributed by atoms with Gasteiger partial charge in [-0.15, -0.1) is 0 Å². The quantitative estimate of drug-likeness (QED) is 0.808. The molecule has 0 amide bonds. The van der Waals surface area contributed by atoms with Crippen molar-refractivity contribution in [3.8, 4) is 0 Å². The van der Waals surface area contributed by atoms with E-state index in [1.54, 1.807) is 0 Å². The zero-order valence-corrected chi connectivity index (χ0v) is 10.9. The first kappa shape index (κ1) is 13.3. The SMILES string of the molecule is CCC(N)C(c1ccc(C)o1)N(CC)CC. The lowest BCUT2D eigenvalue weighted by Gasteiger charge is -2.32. The van der Waals surface area contributed by atoms with Crippen molar-refractivity contribution in [1.82, 2.24) is 4.90 Å². The lowest BCUT2D eigenvalue weighted by atomic mass is 10.0. The molecular formula is C13H24N2O. The van der Waals surface area contributed by atoms with Gasteiger partial charge in [0.2, 0.25) is 0 Å². The molecule has 1 aromatic rings. The van der Waals surface area contributed by atoms with Gasteiger partial charge in [-0.2, -0.15) is 0 Å². The average molecular weight is 224 g/mol. The zero-order chi connectivity index (χ0) is 12.1. The fourth-order valence-corrected chi connectivity index (χ4v) is 2.11. The van der Waals surface area contributed by atoms with E-state index in [2.05, 4.69) is 25.7 Å². The lowest BCUT2D eigenvalue weighted by Crippen LogP contribution is -2.40. The molecule has 0 fully saturated rings. The standard InChI is InChI=1S/C13H24N2O/c1-5-11(14)13(15(6-2)7-3)12-9-8-10(4)16-12/h8-9,11,13H,5-7,14H2,1-4H3. The van der Waals surface area contributed by atoms with Gasteiger partial charge in [0.25, 0.3) is 0 Å². The fourth-order valence-electron chi connectivity index (χ4n) is 2.11. The highest BCUT2D eigenvalue weighted by Gasteiger charge is 2.26. The molecule has 92 valence electrons. The third-order valence-corrected chi connectivity index (χ3v) is 3.14. The molecule has 3 nitrogen and oxygen atoms in total. The van der Waals surface area contributed by atoms with Crippen molar-refractivity contribution < 1.29 is 4.42 Å². The summed E-state index contributed by atoms with van der Waals surface area (Å²) < 4.78 is 5.73. The Morgan fingerprint density at radius 3 is 2.25 bits per heavy atom. The summed E-state index contributed by atoms with van der Waals surface area (Å²) in [7, 11) is 0. The van der Waals surface area contributed by atoms with Crippen molar-refractivity contribution in [3.05, 3.63) is 23.7 Å². The molecule has 0 saturated heterocycles. The summed E-state index contributed by atoms with van der Waals surface area (Å²) in [4.78, 5) is 2.35. The minimum atomic E-state index is 0.130. The van der Waals surface area contributed by atoms with Crippen LogP contribution in [0.1, 0.15) is 44.8 Å². The van der Waals surface area contributed by atoms with Crippen LogP contribution < -0.4 is 5.73 Å². The first-order valence-electron chi connectivity index (χ1n) is 6.19. The van der Waals surface area contributed by atoms with E-state index in [1.165, 1.54) is 0 Å². The number of hydrogen-bond acceptors (Lipinski definition) is 3. The van der Waals surface area contributed by atoms with Crippen LogP contribution >= 0.6 is 0 Å². The second kappa shape index (κ2) is 6.06. The third kappa shape index (κ3) is 2.86. The van der Waals surface area contributed by atoms with E-state index in [0.29, 0.717) is 0 Å². The minimum Gasteiger partial charge on any atom is -0.465 e. The van der Waals surface area contributed by atoms with Gasteiger partial charge in [-0.05, 0) is 38.6 Å². The molecule has 2 unspecified atom stereocenters. The first-order chi connectivity index (χ1) is 7.63. The Bertz CT molecular complexity index is 305. The molecule has 0 aliphatic rings. The van der Waals surface area contributed by atoms with E-state index < -0.39 is 0 Å². The molecule has 1 heterocycles. The van der Waals surface area contributed by atoms with Gasteiger partial charge in [0.1, 0.15) is 11.5 Å². The van der Waals surface area contributed by atoms with Gasteiger partial charge in [0.05, 0.1) is 6.04 Å². The summed E-state index contributed by atoms with van der Waals surface area (Å²) in [5.41, 5.74) is 6.21. The number of rotatable bonds is 6. The molecule has 0 bridgehead atoms. The largest absolute Gasteiger partial charge is 0.465 e. The van der Waals surface area contributed by atoms with Gasteiger partial charge in [0.15, 0.2) is 0 Å². The number of nitrogens with zero attached hydrogens (tertiary/aromatic N) is 1. The van der Waals surface area contributed by atoms with Crippen LogP contribution in [-0.4, -0.2) is 24.0 Å². The zero-order valence-electron chi connectivity index (χ0n) is 10.9. The van der Waals surface area contributed by atoms with Gasteiger partial charge in [-0.3, -0.25) is 4.90 Å². The van der Waals surface area contributed by atoms with E-state index in [-0.39, 0.29) is 12.1 Å². The van der Waals surface area contributed by atoms with Crippen molar-refractivity contribution >= 4 is 0 Å². The molecule has 0 aromatic carbocycles. The van der Waals surface area contributed by atoms with E-state index in [9.17, 15) is 0 Å². The molecule has 0 aliphatic carbocycles. The lowest BCUT2D eigenvalue weighted by molar-refractivity contribution is 0.162. The monoisotopic (exact) mass is 224 g/mol. The van der Waals surface area contributed by atoms with Gasteiger partial charge < -0.3 is 10.2 Å². The van der Waals surface area contributed by atoms with Crippen molar-refractivity contribution in [2.45, 2.75) is 46.2 Å². The van der Waals surface area contributed by atoms with Crippen LogP contribution in [-0.2, 0) is 0 Å². The molecule has 0 spiro atoms. The summed E-state index contributed by atoms with van der Waals surface area (Å²) in [6.07, 6.45) is 0.959. The molecule has 0 radical (unpaired) electrons. The maximum atomic E-state index is 6.21. The Morgan fingerprint density at radius 2 is 1.88 bits per heavy atom. The van der Waals surface area contributed by atoms with Gasteiger partial charge in [-0.1, -0.05) is 20.8 Å². The molecule has 0 saturated carbocycles. The molecule has 3 heteroatoms. The van der Waals surface area contributed by atoms with E-state index >= 15 is 0 Å². The van der Waals surface area contributed by atoms with E-state index in [1.807, 2.05) is 19.1 Å². The summed E-state index contributed by atoms with van der Waals surface area (Å²) in [5, 5.41) is 0. The summed E-state index contributed by atoms with van der Waals surface area (Å²) in [6.45, 7) is 10.4. The fraction of sp³-hybridized carbons (Fsp3) is 0.692. The molecule has 1 aromatic heterocycles. The van der Waals surface area contributed by atoms with Crippen LogP contribution in [0.5, 0.6) is 0 Å². The van der Waals surface area contributed by atoms with Crippen LogP contribution in [0.4, 0.5) is 0 Å². The average Bonchev–Trinajstić information content (AvgIpc) is 2.71. The predicted molar refractivity (Wildman–Crippen MR) is 67.4 cm³/mol. The number of furan rings is 1. The second-order valence-corrected chi connectivity index (χ2v) is 4.19. The number of aryl methyl sites for hydroxylation is 1. The van der Waals surface area contributed by atoms with Crippen molar-refractivity contribution in [2.75, 3.05) is 13.1 Å². The van der Waals surface area contributed by atoms with Crippen molar-refractivity contribution in [2.24, 2.45) is 5.73 Å². The molecular weight excluding hydrogens is 200 g/mol. The first-order valence-corrected chi connectivity index (χ1v) is 6.19. The molecule has 1 rings (SSSR count). The normalized spacial score (nSPS) is 15.4. The molecule has 16 heavy (non-hydrogen) atoms. The Labute approximate surface area is 98.6 Å². The van der Waals surface area contributed by atoms with Crippen molar-refractivity contribution in [1.29, 1.82) is 0 Å². The summed E-state index contributed by atoms with van der Waals surface area (Å²) in [5.74, 6) is 1.95. The van der Waals surface area contributed by atoms with Gasteiger partial charge in [0, 0.05) is 6.04 Å². The van der Waals surface area contributed by atoms with Crippen LogP contribution in [0.3, 0.4) is 0 Å². The molecule has 2 atom stereocenters. The highest BCUT2D eigenvalue weighted by molar-refractivity contribution is 5.12. The summed E-state index contributed by atoms with van der Waals surface area (Å²) >= 11 is 0. The Kier molecular flexibility index (Phi) is 5.03. The van der Waals surface area contributed by atoms with E-state index in [0.717, 1.165) is 31.0 Å². The van der Waals surface area contributed by atoms with Crippen LogP contribution in [0.2, 0.25) is 0 Å². The number of hydrogen-bond donors (Lipinski definition) is 1. The smallest absolute Gasteiger partial charge is 0.122 e. The number of nitrogens with two attached hydrogens (primary N) is 1. The maximum absolute atomic E-state index is 6.21. The van der Waals surface area contributed by atoms with Gasteiger partial charge in [-0.25, -0.2) is 0 Å².